The number of carbonyl (C=O) groups excluding carboxylic acids is 2. The Labute approximate surface area is 137 Å². The third-order valence-corrected chi connectivity index (χ3v) is 3.96. The van der Waals surface area contributed by atoms with Gasteiger partial charge in [0.25, 0.3) is 5.91 Å². The summed E-state index contributed by atoms with van der Waals surface area (Å²) in [5.74, 6) is 0.221. The first-order valence-electron chi connectivity index (χ1n) is 6.36. The minimum absolute atomic E-state index is 0.00600. The summed E-state index contributed by atoms with van der Waals surface area (Å²) < 4.78 is 6.22. The van der Waals surface area contributed by atoms with E-state index in [1.54, 1.807) is 12.1 Å². The molecule has 0 radical (unpaired) electrons. The molecule has 1 rings (SSSR count). The summed E-state index contributed by atoms with van der Waals surface area (Å²) in [5, 5.41) is 0. The molecule has 0 bridgehead atoms. The quantitative estimate of drug-likeness (QED) is 0.777. The average molecular weight is 375 g/mol. The van der Waals surface area contributed by atoms with E-state index in [9.17, 15) is 9.59 Å². The average Bonchev–Trinajstić information content (AvgIpc) is 2.41. The molecule has 0 aliphatic rings. The van der Waals surface area contributed by atoms with Gasteiger partial charge in [-0.1, -0.05) is 36.7 Å². The van der Waals surface area contributed by atoms with Crippen LogP contribution in [0.25, 0.3) is 0 Å². The van der Waals surface area contributed by atoms with Crippen LogP contribution in [0.1, 0.15) is 20.8 Å². The van der Waals surface area contributed by atoms with Crippen molar-refractivity contribution in [1.29, 1.82) is 0 Å². The van der Waals surface area contributed by atoms with Gasteiger partial charge in [-0.15, -0.1) is 11.8 Å². The summed E-state index contributed by atoms with van der Waals surface area (Å²) in [6, 6.07) is 7.13. The Morgan fingerprint density at radius 2 is 1.71 bits per heavy atom. The van der Waals surface area contributed by atoms with Gasteiger partial charge in [-0.3, -0.25) is 20.4 Å². The Balaban J connectivity index is 2.22. The molecule has 0 atom stereocenters. The zero-order chi connectivity index (χ0) is 15.9. The number of benzene rings is 1. The molecule has 5 nitrogen and oxygen atoms in total. The molecule has 1 aromatic carbocycles. The van der Waals surface area contributed by atoms with Crippen molar-refractivity contribution in [2.24, 2.45) is 0 Å². The van der Waals surface area contributed by atoms with Gasteiger partial charge in [-0.05, 0) is 24.3 Å². The van der Waals surface area contributed by atoms with E-state index < -0.39 is 5.91 Å². The van der Waals surface area contributed by atoms with Crippen molar-refractivity contribution in [3.05, 3.63) is 28.7 Å². The number of thioether (sulfide) groups is 1. The van der Waals surface area contributed by atoms with Crippen molar-refractivity contribution in [2.75, 3.05) is 12.4 Å². The maximum Gasteiger partial charge on any atom is 0.276 e. The predicted octanol–water partition coefficient (Wildman–Crippen LogP) is 2.51. The number of hydrazine groups is 1. The van der Waals surface area contributed by atoms with Crippen molar-refractivity contribution in [3.63, 3.8) is 0 Å². The van der Waals surface area contributed by atoms with Crippen LogP contribution in [0.3, 0.4) is 0 Å². The van der Waals surface area contributed by atoms with Crippen LogP contribution in [0.5, 0.6) is 5.75 Å². The minimum Gasteiger partial charge on any atom is -0.484 e. The highest BCUT2D eigenvalue weighted by atomic mass is 79.9. The summed E-state index contributed by atoms with van der Waals surface area (Å²) in [4.78, 5) is 23.0. The molecule has 0 saturated heterocycles. The summed E-state index contributed by atoms with van der Waals surface area (Å²) >= 11 is 4.82. The summed E-state index contributed by atoms with van der Waals surface area (Å²) in [5.41, 5.74) is 4.67. The second kappa shape index (κ2) is 8.29. The fraction of sp³-hybridized carbons (Fsp3) is 0.429. The largest absolute Gasteiger partial charge is 0.484 e. The molecule has 0 aromatic heterocycles. The lowest BCUT2D eigenvalue weighted by molar-refractivity contribution is -0.128. The van der Waals surface area contributed by atoms with E-state index in [0.29, 0.717) is 5.75 Å². The first kappa shape index (κ1) is 17.8. The molecule has 0 aliphatic heterocycles. The van der Waals surface area contributed by atoms with Crippen LogP contribution in [0, 0.1) is 0 Å². The molecular formula is C14H19BrN2O3S. The molecule has 21 heavy (non-hydrogen) atoms. The van der Waals surface area contributed by atoms with E-state index in [1.807, 2.05) is 32.9 Å². The van der Waals surface area contributed by atoms with E-state index in [1.165, 1.54) is 11.8 Å². The van der Waals surface area contributed by atoms with Crippen molar-refractivity contribution >= 4 is 39.5 Å². The fourth-order valence-corrected chi connectivity index (χ4v) is 2.07. The second-order valence-corrected chi connectivity index (χ2v) is 7.96. The van der Waals surface area contributed by atoms with Crippen LogP contribution in [0.4, 0.5) is 0 Å². The molecule has 7 heteroatoms. The lowest BCUT2D eigenvalue weighted by Gasteiger charge is -2.17. The second-order valence-electron chi connectivity index (χ2n) is 5.24. The van der Waals surface area contributed by atoms with Gasteiger partial charge in [-0.2, -0.15) is 0 Å². The normalized spacial score (nSPS) is 10.9. The van der Waals surface area contributed by atoms with Gasteiger partial charge in [0, 0.05) is 9.22 Å². The smallest absolute Gasteiger partial charge is 0.276 e. The first-order valence-corrected chi connectivity index (χ1v) is 8.14. The van der Waals surface area contributed by atoms with Crippen LogP contribution in [0.2, 0.25) is 0 Å². The Morgan fingerprint density at radius 3 is 2.29 bits per heavy atom. The molecule has 2 N–H and O–H groups in total. The molecule has 0 fully saturated rings. The van der Waals surface area contributed by atoms with Crippen molar-refractivity contribution < 1.29 is 14.3 Å². The highest BCUT2D eigenvalue weighted by molar-refractivity contribution is 9.10. The predicted molar refractivity (Wildman–Crippen MR) is 88.1 cm³/mol. The molecule has 0 unspecified atom stereocenters. The molecule has 0 aliphatic carbocycles. The Bertz CT molecular complexity index is 486. The highest BCUT2D eigenvalue weighted by Crippen LogP contribution is 2.22. The molecule has 2 amide bonds. The SMILES string of the molecule is CC(C)(C)SCC(=O)NNC(=O)COc1ccc(Br)cc1. The fourth-order valence-electron chi connectivity index (χ4n) is 1.17. The molecule has 0 spiro atoms. The molecule has 0 saturated carbocycles. The van der Waals surface area contributed by atoms with Gasteiger partial charge >= 0.3 is 0 Å². The highest BCUT2D eigenvalue weighted by Gasteiger charge is 2.13. The number of rotatable bonds is 5. The van der Waals surface area contributed by atoms with E-state index in [4.69, 9.17) is 4.74 Å². The molecular weight excluding hydrogens is 356 g/mol. The number of ether oxygens (including phenoxy) is 1. The number of nitrogens with one attached hydrogen (secondary N) is 2. The number of hydrogen-bond donors (Lipinski definition) is 2. The molecule has 0 heterocycles. The van der Waals surface area contributed by atoms with E-state index in [0.717, 1.165) is 4.47 Å². The van der Waals surface area contributed by atoms with Crippen molar-refractivity contribution in [2.45, 2.75) is 25.5 Å². The van der Waals surface area contributed by atoms with Gasteiger partial charge in [0.2, 0.25) is 5.91 Å². The van der Waals surface area contributed by atoms with Gasteiger partial charge in [0.05, 0.1) is 5.75 Å². The first-order chi connectivity index (χ1) is 9.76. The maximum atomic E-state index is 11.5. The third kappa shape index (κ3) is 8.62. The minimum atomic E-state index is -0.410. The van der Waals surface area contributed by atoms with Crippen LogP contribution >= 0.6 is 27.7 Å². The number of hydrogen-bond acceptors (Lipinski definition) is 4. The Kier molecular flexibility index (Phi) is 7.04. The Hall–Kier alpha value is -1.21. The van der Waals surface area contributed by atoms with Crippen LogP contribution < -0.4 is 15.6 Å². The van der Waals surface area contributed by atoms with E-state index in [2.05, 4.69) is 26.8 Å². The monoisotopic (exact) mass is 374 g/mol. The van der Waals surface area contributed by atoms with Gasteiger partial charge in [-0.25, -0.2) is 0 Å². The van der Waals surface area contributed by atoms with Gasteiger partial charge in [0.1, 0.15) is 5.75 Å². The zero-order valence-corrected chi connectivity index (χ0v) is 14.6. The molecule has 1 aromatic rings. The zero-order valence-electron chi connectivity index (χ0n) is 12.2. The van der Waals surface area contributed by atoms with Crippen LogP contribution in [-0.4, -0.2) is 28.9 Å². The van der Waals surface area contributed by atoms with E-state index >= 15 is 0 Å². The molecule has 116 valence electrons. The number of carbonyl (C=O) groups is 2. The summed E-state index contributed by atoms with van der Waals surface area (Å²) in [6.07, 6.45) is 0. The maximum absolute atomic E-state index is 11.5. The number of amides is 2. The Morgan fingerprint density at radius 1 is 1.14 bits per heavy atom. The van der Waals surface area contributed by atoms with E-state index in [-0.39, 0.29) is 23.0 Å². The lowest BCUT2D eigenvalue weighted by Crippen LogP contribution is -2.44. The van der Waals surface area contributed by atoms with Gasteiger partial charge in [0.15, 0.2) is 6.61 Å². The van der Waals surface area contributed by atoms with Crippen molar-refractivity contribution in [3.8, 4) is 5.75 Å². The van der Waals surface area contributed by atoms with Crippen LogP contribution in [-0.2, 0) is 9.59 Å². The summed E-state index contributed by atoms with van der Waals surface area (Å²) in [6.45, 7) is 5.91. The summed E-state index contributed by atoms with van der Waals surface area (Å²) in [7, 11) is 0. The third-order valence-electron chi connectivity index (χ3n) is 2.16. The van der Waals surface area contributed by atoms with Crippen LogP contribution in [0.15, 0.2) is 28.7 Å². The standard InChI is InChI=1S/C14H19BrN2O3S/c1-14(2,3)21-9-13(19)17-16-12(18)8-20-11-6-4-10(15)5-7-11/h4-7H,8-9H2,1-3H3,(H,16,18)(H,17,19). The topological polar surface area (TPSA) is 67.4 Å². The number of halogens is 1. The lowest BCUT2D eigenvalue weighted by atomic mass is 10.3. The van der Waals surface area contributed by atoms with Gasteiger partial charge < -0.3 is 4.74 Å². The van der Waals surface area contributed by atoms with Crippen molar-refractivity contribution in [1.82, 2.24) is 10.9 Å².